The summed E-state index contributed by atoms with van der Waals surface area (Å²) in [4.78, 5) is 21.7. The Hall–Kier alpha value is -1.47. The number of alkyl halides is 1. The highest BCUT2D eigenvalue weighted by atomic mass is 35.5. The molecule has 8 heteroatoms. The van der Waals surface area contributed by atoms with Crippen LogP contribution in [-0.4, -0.2) is 29.6 Å². The number of sulfone groups is 1. The van der Waals surface area contributed by atoms with Crippen molar-refractivity contribution in [2.75, 3.05) is 5.75 Å². The van der Waals surface area contributed by atoms with E-state index in [1.54, 1.807) is 0 Å². The second kappa shape index (κ2) is 5.45. The minimum atomic E-state index is -3.73. The fraction of sp³-hybridized carbons (Fsp3) is 0.300. The van der Waals surface area contributed by atoms with E-state index in [0.717, 1.165) is 6.07 Å². The smallest absolute Gasteiger partial charge is 0.270 e. The fourth-order valence-electron chi connectivity index (χ4n) is 1.21. The number of carbonyl (C=O) groups is 1. The molecule has 1 aromatic rings. The first-order valence-electron chi connectivity index (χ1n) is 4.94. The molecule has 0 amide bonds. The van der Waals surface area contributed by atoms with Crippen molar-refractivity contribution in [3.8, 4) is 0 Å². The highest BCUT2D eigenvalue weighted by Gasteiger charge is 2.30. The summed E-state index contributed by atoms with van der Waals surface area (Å²) < 4.78 is 21.2. The average molecular weight is 292 g/mol. The molecule has 0 heterocycles. The summed E-state index contributed by atoms with van der Waals surface area (Å²) in [6.07, 6.45) is 0. The Bertz CT molecular complexity index is 584. The van der Waals surface area contributed by atoms with Gasteiger partial charge in [0.25, 0.3) is 5.69 Å². The van der Waals surface area contributed by atoms with Crippen molar-refractivity contribution in [3.63, 3.8) is 0 Å². The number of nitro groups is 1. The summed E-state index contributed by atoms with van der Waals surface area (Å²) in [6, 6.07) is 4.79. The van der Waals surface area contributed by atoms with Gasteiger partial charge in [0.15, 0.2) is 20.3 Å². The van der Waals surface area contributed by atoms with Crippen molar-refractivity contribution in [3.05, 3.63) is 39.9 Å². The van der Waals surface area contributed by atoms with E-state index >= 15 is 0 Å². The third-order valence-corrected chi connectivity index (χ3v) is 4.93. The molecule has 0 fully saturated rings. The Morgan fingerprint density at radius 2 is 2.11 bits per heavy atom. The van der Waals surface area contributed by atoms with Crippen LogP contribution in [-0.2, 0) is 9.84 Å². The molecule has 1 unspecified atom stereocenters. The molecule has 0 aliphatic heterocycles. The molecule has 0 saturated carbocycles. The number of halogens is 1. The van der Waals surface area contributed by atoms with Crippen LogP contribution in [0, 0.1) is 10.1 Å². The normalized spacial score (nSPS) is 13.0. The molecule has 0 spiro atoms. The molecule has 0 radical (unpaired) electrons. The van der Waals surface area contributed by atoms with Crippen molar-refractivity contribution >= 4 is 32.9 Å². The number of nitrogens with zero attached hydrogens (tertiary/aromatic N) is 1. The van der Waals surface area contributed by atoms with E-state index in [0.29, 0.717) is 0 Å². The lowest BCUT2D eigenvalue weighted by Crippen LogP contribution is -2.26. The first-order valence-corrected chi connectivity index (χ1v) is 7.09. The first kappa shape index (κ1) is 14.6. The largest absolute Gasteiger partial charge is 0.291 e. The number of nitro benzene ring substituents is 1. The maximum absolute atomic E-state index is 11.8. The van der Waals surface area contributed by atoms with Gasteiger partial charge in [-0.2, -0.15) is 0 Å². The third kappa shape index (κ3) is 3.05. The molecular formula is C10H10ClNO5S. The Kier molecular flexibility index (Phi) is 4.42. The summed E-state index contributed by atoms with van der Waals surface area (Å²) in [6.45, 7) is 1.37. The van der Waals surface area contributed by atoms with Crippen molar-refractivity contribution < 1.29 is 18.1 Å². The molecule has 1 atom stereocenters. The van der Waals surface area contributed by atoms with Gasteiger partial charge < -0.3 is 0 Å². The van der Waals surface area contributed by atoms with Crippen LogP contribution in [0.25, 0.3) is 0 Å². The number of rotatable bonds is 5. The minimum Gasteiger partial charge on any atom is -0.291 e. The summed E-state index contributed by atoms with van der Waals surface area (Å²) in [5, 5.41) is 10.5. The van der Waals surface area contributed by atoms with E-state index in [2.05, 4.69) is 0 Å². The lowest BCUT2D eigenvalue weighted by molar-refractivity contribution is -0.384. The highest BCUT2D eigenvalue weighted by Crippen LogP contribution is 2.19. The van der Waals surface area contributed by atoms with Crippen LogP contribution >= 0.6 is 11.6 Å². The topological polar surface area (TPSA) is 94.3 Å². The Balaban J connectivity index is 3.12. The summed E-state index contributed by atoms with van der Waals surface area (Å²) >= 11 is 5.58. The molecular weight excluding hydrogens is 282 g/mol. The van der Waals surface area contributed by atoms with Crippen molar-refractivity contribution in [1.82, 2.24) is 0 Å². The average Bonchev–Trinajstić information content (AvgIpc) is 2.37. The molecule has 1 rings (SSSR count). The van der Waals surface area contributed by atoms with Gasteiger partial charge in [-0.05, 0) is 0 Å². The van der Waals surface area contributed by atoms with Gasteiger partial charge in [-0.25, -0.2) is 8.42 Å². The zero-order chi connectivity index (χ0) is 13.9. The molecule has 18 heavy (non-hydrogen) atoms. The van der Waals surface area contributed by atoms with E-state index in [1.807, 2.05) is 0 Å². The van der Waals surface area contributed by atoms with Gasteiger partial charge in [-0.1, -0.05) is 30.7 Å². The highest BCUT2D eigenvalue weighted by molar-refractivity contribution is 7.94. The molecule has 0 N–H and O–H groups in total. The van der Waals surface area contributed by atoms with Gasteiger partial charge in [-0.15, -0.1) is 0 Å². The van der Waals surface area contributed by atoms with Gasteiger partial charge >= 0.3 is 0 Å². The number of Topliss-reactive ketones (excluding diaryl/α,β-unsaturated/α-hetero) is 1. The molecule has 0 bridgehead atoms. The number of carbonyl (C=O) groups excluding carboxylic acids is 1. The van der Waals surface area contributed by atoms with Crippen LogP contribution in [0.4, 0.5) is 5.69 Å². The van der Waals surface area contributed by atoms with Gasteiger partial charge in [0, 0.05) is 23.4 Å². The zero-order valence-electron chi connectivity index (χ0n) is 9.37. The fourth-order valence-corrected chi connectivity index (χ4v) is 2.47. The summed E-state index contributed by atoms with van der Waals surface area (Å²) in [7, 11) is -3.73. The van der Waals surface area contributed by atoms with Crippen LogP contribution in [0.1, 0.15) is 17.3 Å². The van der Waals surface area contributed by atoms with Gasteiger partial charge in [-0.3, -0.25) is 14.9 Å². The molecule has 6 nitrogen and oxygen atoms in total. The van der Waals surface area contributed by atoms with E-state index in [4.69, 9.17) is 11.6 Å². The molecule has 0 aromatic heterocycles. The van der Waals surface area contributed by atoms with Gasteiger partial charge in [0.1, 0.15) is 0 Å². The number of non-ortho nitro benzene ring substituents is 1. The van der Waals surface area contributed by atoms with Crippen LogP contribution in [0.15, 0.2) is 24.3 Å². The Labute approximate surface area is 109 Å². The lowest BCUT2D eigenvalue weighted by Gasteiger charge is -2.08. The van der Waals surface area contributed by atoms with E-state index in [1.165, 1.54) is 25.1 Å². The molecule has 0 saturated heterocycles. The van der Waals surface area contributed by atoms with Crippen LogP contribution in [0.3, 0.4) is 0 Å². The lowest BCUT2D eigenvalue weighted by atomic mass is 10.1. The Morgan fingerprint density at radius 3 is 2.61 bits per heavy atom. The van der Waals surface area contributed by atoms with Crippen LogP contribution < -0.4 is 0 Å². The van der Waals surface area contributed by atoms with Gasteiger partial charge in [0.05, 0.1) is 4.92 Å². The predicted molar refractivity (Wildman–Crippen MR) is 66.5 cm³/mol. The monoisotopic (exact) mass is 291 g/mol. The molecule has 98 valence electrons. The molecule has 0 aliphatic rings. The van der Waals surface area contributed by atoms with Crippen LogP contribution in [0.5, 0.6) is 0 Å². The number of hydrogen-bond acceptors (Lipinski definition) is 5. The second-order valence-electron chi connectivity index (χ2n) is 3.44. The maximum atomic E-state index is 11.8. The summed E-state index contributed by atoms with van der Waals surface area (Å²) in [5.41, 5.74) is -0.389. The Morgan fingerprint density at radius 1 is 1.50 bits per heavy atom. The van der Waals surface area contributed by atoms with E-state index in [-0.39, 0.29) is 17.0 Å². The second-order valence-corrected chi connectivity index (χ2v) is 6.51. The SMILES string of the molecule is CCS(=O)(=O)C(Cl)C(=O)c1cccc([N+](=O)[O-])c1. The van der Waals surface area contributed by atoms with Crippen LogP contribution in [0.2, 0.25) is 0 Å². The first-order chi connectivity index (χ1) is 8.29. The third-order valence-electron chi connectivity index (χ3n) is 2.27. The van der Waals surface area contributed by atoms with Crippen molar-refractivity contribution in [1.29, 1.82) is 0 Å². The quantitative estimate of drug-likeness (QED) is 0.357. The minimum absolute atomic E-state index is 0.0961. The van der Waals surface area contributed by atoms with Crippen molar-refractivity contribution in [2.24, 2.45) is 0 Å². The summed E-state index contributed by atoms with van der Waals surface area (Å²) in [5.74, 6) is -1.14. The van der Waals surface area contributed by atoms with E-state index in [9.17, 15) is 23.3 Å². The van der Waals surface area contributed by atoms with Crippen molar-refractivity contribution in [2.45, 2.75) is 11.6 Å². The number of hydrogen-bond donors (Lipinski definition) is 0. The van der Waals surface area contributed by atoms with Gasteiger partial charge in [0.2, 0.25) is 0 Å². The number of ketones is 1. The molecule has 0 aliphatic carbocycles. The van der Waals surface area contributed by atoms with E-state index < -0.39 is 25.3 Å². The predicted octanol–water partition coefficient (Wildman–Crippen LogP) is 1.78. The maximum Gasteiger partial charge on any atom is 0.270 e. The standard InChI is InChI=1S/C10H10ClNO5S/c1-2-18(16,17)10(11)9(13)7-4-3-5-8(6-7)12(14)15/h3-6,10H,2H2,1H3. The number of benzene rings is 1. The zero-order valence-corrected chi connectivity index (χ0v) is 10.9. The molecule has 1 aromatic carbocycles.